The molecule has 0 radical (unpaired) electrons. The third-order valence-corrected chi connectivity index (χ3v) is 5.13. The molecule has 3 rings (SSSR count). The minimum absolute atomic E-state index is 0.147. The minimum atomic E-state index is -4.33. The van der Waals surface area contributed by atoms with E-state index in [-0.39, 0.29) is 23.1 Å². The summed E-state index contributed by atoms with van der Waals surface area (Å²) in [5.74, 6) is 0. The zero-order valence-electron chi connectivity index (χ0n) is 13.9. The second-order valence-corrected chi connectivity index (χ2v) is 7.58. The summed E-state index contributed by atoms with van der Waals surface area (Å²) < 4.78 is 39.5. The molecule has 134 valence electrons. The molecule has 0 saturated carbocycles. The van der Waals surface area contributed by atoms with E-state index in [2.05, 4.69) is 5.10 Å². The molecular formula is C17H20N2O5S. The van der Waals surface area contributed by atoms with Crippen LogP contribution in [0.4, 0.5) is 0 Å². The van der Waals surface area contributed by atoms with Crippen molar-refractivity contribution in [3.63, 3.8) is 0 Å². The van der Waals surface area contributed by atoms with Gasteiger partial charge in [-0.3, -0.25) is 9.35 Å². The summed E-state index contributed by atoms with van der Waals surface area (Å²) in [6, 6.07) is 7.66. The van der Waals surface area contributed by atoms with Crippen LogP contribution in [0.15, 0.2) is 40.0 Å². The fourth-order valence-corrected chi connectivity index (χ4v) is 3.68. The van der Waals surface area contributed by atoms with Crippen LogP contribution in [-0.4, -0.2) is 29.4 Å². The Morgan fingerprint density at radius 3 is 2.76 bits per heavy atom. The van der Waals surface area contributed by atoms with Gasteiger partial charge in [-0.05, 0) is 43.9 Å². The average Bonchev–Trinajstić information content (AvgIpc) is 2.56. The van der Waals surface area contributed by atoms with E-state index in [9.17, 15) is 17.8 Å². The van der Waals surface area contributed by atoms with Crippen molar-refractivity contribution in [2.24, 2.45) is 0 Å². The molecule has 1 aromatic heterocycles. The molecular weight excluding hydrogens is 344 g/mol. The Labute approximate surface area is 146 Å². The van der Waals surface area contributed by atoms with Crippen molar-refractivity contribution < 1.29 is 17.7 Å². The van der Waals surface area contributed by atoms with Gasteiger partial charge in [0.2, 0.25) is 0 Å². The summed E-state index contributed by atoms with van der Waals surface area (Å²) in [7, 11) is -4.33. The zero-order valence-corrected chi connectivity index (χ0v) is 14.7. The first-order valence-corrected chi connectivity index (χ1v) is 9.56. The largest absolute Gasteiger partial charge is 0.356 e. The van der Waals surface area contributed by atoms with Crippen LogP contribution in [0, 0.1) is 6.92 Å². The highest BCUT2D eigenvalue weighted by Gasteiger charge is 2.20. The molecule has 1 aromatic carbocycles. The lowest BCUT2D eigenvalue weighted by atomic mass is 10.1. The molecule has 8 heteroatoms. The van der Waals surface area contributed by atoms with E-state index in [4.69, 9.17) is 4.74 Å². The molecule has 1 aliphatic rings. The highest BCUT2D eigenvalue weighted by Crippen LogP contribution is 2.22. The van der Waals surface area contributed by atoms with Gasteiger partial charge >= 0.3 is 0 Å². The number of ether oxygens (including phenoxy) is 1. The van der Waals surface area contributed by atoms with Gasteiger partial charge in [-0.15, -0.1) is 0 Å². The van der Waals surface area contributed by atoms with E-state index in [1.807, 2.05) is 6.92 Å². The molecule has 1 fully saturated rings. The van der Waals surface area contributed by atoms with E-state index in [0.717, 1.165) is 24.8 Å². The Kier molecular flexibility index (Phi) is 5.03. The van der Waals surface area contributed by atoms with Crippen LogP contribution in [0.2, 0.25) is 0 Å². The number of benzene rings is 1. The normalized spacial score (nSPS) is 18.2. The smallest absolute Gasteiger partial charge is 0.294 e. The van der Waals surface area contributed by atoms with Crippen LogP contribution >= 0.6 is 0 Å². The van der Waals surface area contributed by atoms with Crippen molar-refractivity contribution in [2.75, 3.05) is 6.61 Å². The lowest BCUT2D eigenvalue weighted by Crippen LogP contribution is -2.31. The first-order valence-electron chi connectivity index (χ1n) is 8.12. The number of aromatic nitrogens is 2. The van der Waals surface area contributed by atoms with Gasteiger partial charge in [-0.2, -0.15) is 13.5 Å². The lowest BCUT2D eigenvalue weighted by Gasteiger charge is -2.23. The number of hydrogen-bond acceptors (Lipinski definition) is 5. The summed E-state index contributed by atoms with van der Waals surface area (Å²) >= 11 is 0. The Morgan fingerprint density at radius 2 is 2.08 bits per heavy atom. The average molecular weight is 364 g/mol. The van der Waals surface area contributed by atoms with Gasteiger partial charge in [0.05, 0.1) is 10.6 Å². The molecule has 1 unspecified atom stereocenters. The van der Waals surface area contributed by atoms with Crippen molar-refractivity contribution >= 4 is 10.1 Å². The Morgan fingerprint density at radius 1 is 1.28 bits per heavy atom. The highest BCUT2D eigenvalue weighted by atomic mass is 32.2. The molecule has 25 heavy (non-hydrogen) atoms. The predicted molar refractivity (Wildman–Crippen MR) is 91.1 cm³/mol. The molecule has 7 nitrogen and oxygen atoms in total. The monoisotopic (exact) mass is 364 g/mol. The molecule has 0 spiro atoms. The van der Waals surface area contributed by atoms with Crippen molar-refractivity contribution in [3.05, 3.63) is 57.5 Å². The van der Waals surface area contributed by atoms with Gasteiger partial charge in [0.15, 0.2) is 6.23 Å². The van der Waals surface area contributed by atoms with E-state index < -0.39 is 10.1 Å². The van der Waals surface area contributed by atoms with Gasteiger partial charge in [-0.25, -0.2) is 4.68 Å². The van der Waals surface area contributed by atoms with Crippen LogP contribution in [0.3, 0.4) is 0 Å². The molecule has 1 atom stereocenters. The SMILES string of the molecule is Cc1ccc(S(=O)(=O)O)c(Cc2ccc(=O)n(C3CCCCO3)n2)c1. The molecule has 1 saturated heterocycles. The predicted octanol–water partition coefficient (Wildman–Crippen LogP) is 2.09. The highest BCUT2D eigenvalue weighted by molar-refractivity contribution is 7.85. The van der Waals surface area contributed by atoms with Crippen molar-refractivity contribution in [2.45, 2.75) is 43.7 Å². The number of aryl methyl sites for hydroxylation is 1. The topological polar surface area (TPSA) is 98.5 Å². The van der Waals surface area contributed by atoms with E-state index in [1.54, 1.807) is 18.2 Å². The van der Waals surface area contributed by atoms with Crippen molar-refractivity contribution in [1.29, 1.82) is 0 Å². The molecule has 0 amide bonds. The maximum atomic E-state index is 12.1. The second-order valence-electron chi connectivity index (χ2n) is 6.19. The third-order valence-electron chi connectivity index (χ3n) is 4.17. The Bertz CT molecular complexity index is 930. The molecule has 0 aliphatic carbocycles. The summed E-state index contributed by atoms with van der Waals surface area (Å²) in [5, 5.41) is 4.35. The first-order chi connectivity index (χ1) is 11.8. The summed E-state index contributed by atoms with van der Waals surface area (Å²) in [6.45, 7) is 2.43. The number of rotatable bonds is 4. The molecule has 2 heterocycles. The molecule has 2 aromatic rings. The summed E-state index contributed by atoms with van der Waals surface area (Å²) in [6.07, 6.45) is 2.44. The quantitative estimate of drug-likeness (QED) is 0.834. The van der Waals surface area contributed by atoms with E-state index in [0.29, 0.717) is 17.9 Å². The second kappa shape index (κ2) is 7.07. The fraction of sp³-hybridized carbons (Fsp3) is 0.412. The summed E-state index contributed by atoms with van der Waals surface area (Å²) in [5.41, 5.74) is 1.58. The van der Waals surface area contributed by atoms with Gasteiger partial charge in [-0.1, -0.05) is 17.7 Å². The summed E-state index contributed by atoms with van der Waals surface area (Å²) in [4.78, 5) is 11.9. The number of nitrogens with zero attached hydrogens (tertiary/aromatic N) is 2. The van der Waals surface area contributed by atoms with E-state index in [1.165, 1.54) is 16.8 Å². The maximum absolute atomic E-state index is 12.1. The maximum Gasteiger partial charge on any atom is 0.294 e. The zero-order chi connectivity index (χ0) is 18.0. The third kappa shape index (κ3) is 4.15. The van der Waals surface area contributed by atoms with Crippen LogP contribution in [-0.2, 0) is 21.3 Å². The fourth-order valence-electron chi connectivity index (χ4n) is 2.98. The van der Waals surface area contributed by atoms with Crippen LogP contribution < -0.4 is 5.56 Å². The van der Waals surface area contributed by atoms with Gasteiger partial charge in [0.25, 0.3) is 15.7 Å². The Balaban J connectivity index is 1.96. The van der Waals surface area contributed by atoms with Crippen LogP contribution in [0.5, 0.6) is 0 Å². The standard InChI is InChI=1S/C17H20N2O5S/c1-12-5-7-15(25(21,22)23)13(10-12)11-14-6-8-16(20)19(18-14)17-4-2-3-9-24-17/h5-8,10,17H,2-4,9,11H2,1H3,(H,21,22,23). The molecule has 0 bridgehead atoms. The molecule has 1 N–H and O–H groups in total. The van der Waals surface area contributed by atoms with Gasteiger partial charge < -0.3 is 4.74 Å². The minimum Gasteiger partial charge on any atom is -0.356 e. The van der Waals surface area contributed by atoms with Gasteiger partial charge in [0, 0.05) is 19.1 Å². The first kappa shape index (κ1) is 17.8. The van der Waals surface area contributed by atoms with Crippen LogP contribution in [0.25, 0.3) is 0 Å². The van der Waals surface area contributed by atoms with Crippen molar-refractivity contribution in [3.8, 4) is 0 Å². The van der Waals surface area contributed by atoms with Crippen LogP contribution in [0.1, 0.15) is 42.3 Å². The van der Waals surface area contributed by atoms with E-state index >= 15 is 0 Å². The lowest BCUT2D eigenvalue weighted by molar-refractivity contribution is -0.0427. The Hall–Kier alpha value is -2.03. The number of hydrogen-bond donors (Lipinski definition) is 1. The van der Waals surface area contributed by atoms with Crippen molar-refractivity contribution in [1.82, 2.24) is 9.78 Å². The molecule has 1 aliphatic heterocycles. The van der Waals surface area contributed by atoms with Gasteiger partial charge in [0.1, 0.15) is 0 Å².